The fraction of sp³-hybridized carbons (Fsp3) is 0.263. The Labute approximate surface area is 165 Å². The van der Waals surface area contributed by atoms with Crippen molar-refractivity contribution < 1.29 is 14.3 Å². The number of fused-ring (bicyclic) bond motifs is 1. The van der Waals surface area contributed by atoms with Gasteiger partial charge in [-0.05, 0) is 31.0 Å². The van der Waals surface area contributed by atoms with Gasteiger partial charge < -0.3 is 10.1 Å². The van der Waals surface area contributed by atoms with Gasteiger partial charge in [0.1, 0.15) is 0 Å². The van der Waals surface area contributed by atoms with Gasteiger partial charge in [-0.1, -0.05) is 30.0 Å². The molecule has 140 valence electrons. The number of benzene rings is 1. The first-order chi connectivity index (χ1) is 13.0. The molecule has 0 unspecified atom stereocenters. The van der Waals surface area contributed by atoms with Gasteiger partial charge in [0.15, 0.2) is 5.13 Å². The van der Waals surface area contributed by atoms with E-state index in [9.17, 15) is 9.59 Å². The smallest absolute Gasteiger partial charge is 0.311 e. The van der Waals surface area contributed by atoms with Crippen LogP contribution in [0.3, 0.4) is 0 Å². The van der Waals surface area contributed by atoms with E-state index in [1.54, 1.807) is 5.38 Å². The minimum absolute atomic E-state index is 0.0945. The van der Waals surface area contributed by atoms with Crippen LogP contribution in [0.2, 0.25) is 0 Å². The molecule has 6 nitrogen and oxygen atoms in total. The molecule has 0 radical (unpaired) electrons. The molecule has 1 N–H and O–H groups in total. The molecule has 2 aromatic heterocycles. The van der Waals surface area contributed by atoms with Crippen LogP contribution in [0, 0.1) is 13.8 Å². The van der Waals surface area contributed by atoms with Gasteiger partial charge in [0.25, 0.3) is 0 Å². The zero-order chi connectivity index (χ0) is 19.4. The number of aromatic nitrogens is 2. The molecule has 0 bridgehead atoms. The van der Waals surface area contributed by atoms with Crippen molar-refractivity contribution in [2.75, 3.05) is 18.2 Å². The van der Waals surface area contributed by atoms with Crippen LogP contribution in [0.15, 0.2) is 34.7 Å². The summed E-state index contributed by atoms with van der Waals surface area (Å²) in [5, 5.41) is 6.90. The predicted octanol–water partition coefficient (Wildman–Crippen LogP) is 3.75. The topological polar surface area (TPSA) is 81.2 Å². The summed E-state index contributed by atoms with van der Waals surface area (Å²) < 4.78 is 4.61. The molecule has 0 aliphatic heterocycles. The highest BCUT2D eigenvalue weighted by Crippen LogP contribution is 2.26. The van der Waals surface area contributed by atoms with E-state index in [1.807, 2.05) is 32.0 Å². The summed E-state index contributed by atoms with van der Waals surface area (Å²) in [6.45, 7) is 4.08. The van der Waals surface area contributed by atoms with Gasteiger partial charge in [-0.15, -0.1) is 11.3 Å². The zero-order valence-electron chi connectivity index (χ0n) is 15.2. The maximum absolute atomic E-state index is 12.2. The van der Waals surface area contributed by atoms with Gasteiger partial charge >= 0.3 is 5.97 Å². The van der Waals surface area contributed by atoms with E-state index in [1.165, 1.54) is 30.2 Å². The Balaban J connectivity index is 1.62. The molecule has 8 heteroatoms. The highest BCUT2D eigenvalue weighted by molar-refractivity contribution is 7.99. The number of amides is 1. The number of hydrogen-bond donors (Lipinski definition) is 1. The molecular formula is C19H19N3O3S2. The number of nitrogens with zero attached hydrogens (tertiary/aromatic N) is 2. The molecule has 0 fully saturated rings. The molecule has 0 spiro atoms. The van der Waals surface area contributed by atoms with E-state index in [0.717, 1.165) is 27.1 Å². The first-order valence-corrected chi connectivity index (χ1v) is 10.1. The number of rotatable bonds is 6. The quantitative estimate of drug-likeness (QED) is 0.500. The lowest BCUT2D eigenvalue weighted by atomic mass is 10.1. The number of para-hydroxylation sites is 1. The Bertz CT molecular complexity index is 1000. The number of nitrogens with one attached hydrogen (secondary N) is 1. The van der Waals surface area contributed by atoms with Crippen LogP contribution in [0.5, 0.6) is 0 Å². The predicted molar refractivity (Wildman–Crippen MR) is 108 cm³/mol. The monoisotopic (exact) mass is 401 g/mol. The third kappa shape index (κ3) is 4.84. The van der Waals surface area contributed by atoms with Crippen molar-refractivity contribution in [2.45, 2.75) is 25.3 Å². The second-order valence-electron chi connectivity index (χ2n) is 5.98. The van der Waals surface area contributed by atoms with Crippen molar-refractivity contribution in [1.82, 2.24) is 9.97 Å². The molecule has 0 aliphatic carbocycles. The highest BCUT2D eigenvalue weighted by atomic mass is 32.2. The summed E-state index contributed by atoms with van der Waals surface area (Å²) >= 11 is 2.67. The molecule has 3 aromatic rings. The summed E-state index contributed by atoms with van der Waals surface area (Å²) in [7, 11) is 1.33. The van der Waals surface area contributed by atoms with Crippen LogP contribution in [-0.2, 0) is 20.7 Å². The molecule has 27 heavy (non-hydrogen) atoms. The number of hydrogen-bond acceptors (Lipinski definition) is 7. The van der Waals surface area contributed by atoms with Crippen LogP contribution in [-0.4, -0.2) is 34.7 Å². The molecule has 3 rings (SSSR count). The van der Waals surface area contributed by atoms with Crippen LogP contribution >= 0.6 is 23.1 Å². The van der Waals surface area contributed by atoms with Crippen molar-refractivity contribution in [3.8, 4) is 0 Å². The zero-order valence-corrected chi connectivity index (χ0v) is 16.9. The summed E-state index contributed by atoms with van der Waals surface area (Å²) in [4.78, 5) is 32.4. The Morgan fingerprint density at radius 3 is 2.81 bits per heavy atom. The van der Waals surface area contributed by atoms with Gasteiger partial charge in [0.05, 0.1) is 35.5 Å². The van der Waals surface area contributed by atoms with Gasteiger partial charge in [-0.2, -0.15) is 0 Å². The summed E-state index contributed by atoms with van der Waals surface area (Å²) in [6, 6.07) is 8.11. The number of esters is 1. The van der Waals surface area contributed by atoms with E-state index in [2.05, 4.69) is 26.1 Å². The highest BCUT2D eigenvalue weighted by Gasteiger charge is 2.11. The van der Waals surface area contributed by atoms with Crippen molar-refractivity contribution in [3.05, 3.63) is 46.5 Å². The molecule has 0 atom stereocenters. The Hall–Kier alpha value is -2.45. The van der Waals surface area contributed by atoms with Gasteiger partial charge in [-0.25, -0.2) is 9.97 Å². The van der Waals surface area contributed by atoms with Crippen LogP contribution in [0.25, 0.3) is 10.9 Å². The normalized spacial score (nSPS) is 10.8. The number of ether oxygens (including phenoxy) is 1. The minimum Gasteiger partial charge on any atom is -0.469 e. The lowest BCUT2D eigenvalue weighted by molar-refractivity contribution is -0.139. The number of methoxy groups -OCH3 is 1. The van der Waals surface area contributed by atoms with Gasteiger partial charge in [0.2, 0.25) is 5.91 Å². The lowest BCUT2D eigenvalue weighted by Gasteiger charge is -2.08. The van der Waals surface area contributed by atoms with Crippen LogP contribution < -0.4 is 5.32 Å². The maximum atomic E-state index is 12.2. The Kier molecular flexibility index (Phi) is 6.08. The number of thiazole rings is 1. The number of aryl methyl sites for hydroxylation is 2. The average Bonchev–Trinajstić information content (AvgIpc) is 3.07. The van der Waals surface area contributed by atoms with Crippen molar-refractivity contribution in [1.29, 1.82) is 0 Å². The largest absolute Gasteiger partial charge is 0.469 e. The SMILES string of the molecule is COC(=O)Cc1csc(NC(=O)CSc2cc(C)c3cccc(C)c3n2)n1. The van der Waals surface area contributed by atoms with E-state index in [-0.39, 0.29) is 24.1 Å². The summed E-state index contributed by atoms with van der Waals surface area (Å²) in [6.07, 6.45) is 0.0945. The maximum Gasteiger partial charge on any atom is 0.311 e. The fourth-order valence-corrected chi connectivity index (χ4v) is 4.06. The summed E-state index contributed by atoms with van der Waals surface area (Å²) in [5.74, 6) is -0.291. The Morgan fingerprint density at radius 2 is 2.04 bits per heavy atom. The Morgan fingerprint density at radius 1 is 1.22 bits per heavy atom. The van der Waals surface area contributed by atoms with Gasteiger partial charge in [-0.3, -0.25) is 9.59 Å². The van der Waals surface area contributed by atoms with E-state index >= 15 is 0 Å². The standard InChI is InChI=1S/C19H19N3O3S2/c1-11-5-4-6-14-12(2)7-16(22-18(11)14)26-10-15(23)21-19-20-13(9-27-19)8-17(24)25-3/h4-7,9H,8,10H2,1-3H3,(H,20,21,23). The number of carbonyl (C=O) groups is 2. The van der Waals surface area contributed by atoms with Crippen LogP contribution in [0.1, 0.15) is 16.8 Å². The molecule has 0 saturated heterocycles. The number of anilines is 1. The third-order valence-corrected chi connectivity index (χ3v) is 5.64. The van der Waals surface area contributed by atoms with Crippen LogP contribution in [0.4, 0.5) is 5.13 Å². The average molecular weight is 402 g/mol. The molecular weight excluding hydrogens is 382 g/mol. The molecule has 1 amide bonds. The second-order valence-corrected chi connectivity index (χ2v) is 7.84. The molecule has 2 heterocycles. The second kappa shape index (κ2) is 8.49. The molecule has 0 aliphatic rings. The third-order valence-electron chi connectivity index (χ3n) is 3.93. The first kappa shape index (κ1) is 19.3. The van der Waals surface area contributed by atoms with E-state index in [0.29, 0.717) is 10.8 Å². The van der Waals surface area contributed by atoms with E-state index in [4.69, 9.17) is 0 Å². The summed E-state index contributed by atoms with van der Waals surface area (Å²) in [5.41, 5.74) is 3.80. The first-order valence-electron chi connectivity index (χ1n) is 8.27. The fourth-order valence-electron chi connectivity index (χ4n) is 2.57. The lowest BCUT2D eigenvalue weighted by Crippen LogP contribution is -2.14. The van der Waals surface area contributed by atoms with Crippen molar-refractivity contribution in [3.63, 3.8) is 0 Å². The number of thioether (sulfide) groups is 1. The van der Waals surface area contributed by atoms with Gasteiger partial charge in [0, 0.05) is 10.8 Å². The number of pyridine rings is 1. The molecule has 0 saturated carbocycles. The minimum atomic E-state index is -0.359. The van der Waals surface area contributed by atoms with Crippen molar-refractivity contribution in [2.24, 2.45) is 0 Å². The van der Waals surface area contributed by atoms with E-state index < -0.39 is 0 Å². The van der Waals surface area contributed by atoms with Crippen molar-refractivity contribution >= 4 is 51.0 Å². The molecule has 1 aromatic carbocycles. The number of carbonyl (C=O) groups excluding carboxylic acids is 2.